The molecule has 0 bridgehead atoms. The first-order chi connectivity index (χ1) is 11.0. The van der Waals surface area contributed by atoms with Crippen molar-refractivity contribution in [1.82, 2.24) is 15.4 Å². The molecule has 23 heavy (non-hydrogen) atoms. The highest BCUT2D eigenvalue weighted by Crippen LogP contribution is 2.42. The SMILES string of the molecule is CCC1(CNC(=NC)NCCS(=O)(=O)NCC2CCC2)CCC1. The number of nitrogens with one attached hydrogen (secondary N) is 3. The van der Waals surface area contributed by atoms with Crippen LogP contribution in [0.1, 0.15) is 51.9 Å². The van der Waals surface area contributed by atoms with Crippen molar-refractivity contribution < 1.29 is 8.42 Å². The molecule has 134 valence electrons. The Kier molecular flexibility index (Phi) is 6.71. The second kappa shape index (κ2) is 8.33. The van der Waals surface area contributed by atoms with E-state index in [-0.39, 0.29) is 5.75 Å². The molecule has 0 aromatic carbocycles. The highest BCUT2D eigenvalue weighted by Gasteiger charge is 2.34. The van der Waals surface area contributed by atoms with E-state index in [1.165, 1.54) is 32.1 Å². The molecule has 0 amide bonds. The summed E-state index contributed by atoms with van der Waals surface area (Å²) in [6, 6.07) is 0. The molecular formula is C16H32N4O2S. The number of rotatable bonds is 9. The molecule has 0 spiro atoms. The van der Waals surface area contributed by atoms with Crippen molar-refractivity contribution in [1.29, 1.82) is 0 Å². The Balaban J connectivity index is 1.64. The lowest BCUT2D eigenvalue weighted by Crippen LogP contribution is -2.47. The lowest BCUT2D eigenvalue weighted by atomic mass is 9.67. The van der Waals surface area contributed by atoms with Gasteiger partial charge in [-0.2, -0.15) is 0 Å². The molecule has 2 aliphatic carbocycles. The van der Waals surface area contributed by atoms with Crippen LogP contribution in [-0.2, 0) is 10.0 Å². The Morgan fingerprint density at radius 2 is 1.96 bits per heavy atom. The molecule has 3 N–H and O–H groups in total. The lowest BCUT2D eigenvalue weighted by molar-refractivity contribution is 0.131. The van der Waals surface area contributed by atoms with E-state index in [0.717, 1.165) is 19.4 Å². The zero-order valence-corrected chi connectivity index (χ0v) is 15.3. The van der Waals surface area contributed by atoms with Gasteiger partial charge in [-0.05, 0) is 43.4 Å². The average Bonchev–Trinajstić information content (AvgIpc) is 2.42. The maximum atomic E-state index is 12.0. The van der Waals surface area contributed by atoms with E-state index in [1.807, 2.05) is 0 Å². The van der Waals surface area contributed by atoms with Crippen LogP contribution in [0.5, 0.6) is 0 Å². The van der Waals surface area contributed by atoms with Crippen LogP contribution >= 0.6 is 0 Å². The summed E-state index contributed by atoms with van der Waals surface area (Å²) in [6.45, 7) is 4.11. The fourth-order valence-electron chi connectivity index (χ4n) is 3.14. The van der Waals surface area contributed by atoms with E-state index in [4.69, 9.17) is 0 Å². The minimum Gasteiger partial charge on any atom is -0.356 e. The summed E-state index contributed by atoms with van der Waals surface area (Å²) >= 11 is 0. The van der Waals surface area contributed by atoms with Gasteiger partial charge in [-0.3, -0.25) is 4.99 Å². The topological polar surface area (TPSA) is 82.6 Å². The van der Waals surface area contributed by atoms with Crippen LogP contribution < -0.4 is 15.4 Å². The van der Waals surface area contributed by atoms with Gasteiger partial charge in [-0.15, -0.1) is 0 Å². The molecule has 0 aromatic rings. The molecule has 0 radical (unpaired) electrons. The van der Waals surface area contributed by atoms with Crippen molar-refractivity contribution >= 4 is 16.0 Å². The molecule has 2 rings (SSSR count). The third-order valence-electron chi connectivity index (χ3n) is 5.50. The van der Waals surface area contributed by atoms with Gasteiger partial charge in [0.05, 0.1) is 5.75 Å². The van der Waals surface area contributed by atoms with Gasteiger partial charge < -0.3 is 10.6 Å². The molecule has 0 aromatic heterocycles. The van der Waals surface area contributed by atoms with E-state index >= 15 is 0 Å². The van der Waals surface area contributed by atoms with Gasteiger partial charge in [-0.1, -0.05) is 19.8 Å². The first kappa shape index (κ1) is 18.5. The highest BCUT2D eigenvalue weighted by atomic mass is 32.2. The van der Waals surface area contributed by atoms with Crippen molar-refractivity contribution in [3.05, 3.63) is 0 Å². The van der Waals surface area contributed by atoms with Crippen molar-refractivity contribution in [3.63, 3.8) is 0 Å². The number of guanidine groups is 1. The molecule has 0 atom stereocenters. The van der Waals surface area contributed by atoms with E-state index in [0.29, 0.717) is 30.4 Å². The quantitative estimate of drug-likeness (QED) is 0.437. The van der Waals surface area contributed by atoms with Crippen LogP contribution in [0.15, 0.2) is 4.99 Å². The van der Waals surface area contributed by atoms with Crippen LogP contribution in [0.3, 0.4) is 0 Å². The fraction of sp³-hybridized carbons (Fsp3) is 0.938. The molecule has 2 fully saturated rings. The molecule has 6 nitrogen and oxygen atoms in total. The van der Waals surface area contributed by atoms with Crippen LogP contribution in [0, 0.1) is 11.3 Å². The minimum atomic E-state index is -3.19. The predicted molar refractivity (Wildman–Crippen MR) is 95.1 cm³/mol. The largest absolute Gasteiger partial charge is 0.356 e. The molecule has 0 aliphatic heterocycles. The van der Waals surface area contributed by atoms with Gasteiger partial charge >= 0.3 is 0 Å². The molecule has 2 aliphatic rings. The maximum Gasteiger partial charge on any atom is 0.213 e. The molecule has 0 unspecified atom stereocenters. The van der Waals surface area contributed by atoms with Gasteiger partial charge in [0.2, 0.25) is 10.0 Å². The summed E-state index contributed by atoms with van der Waals surface area (Å²) in [5, 5.41) is 6.45. The standard InChI is InChI=1S/C16H32N4O2S/c1-3-16(8-5-9-16)13-19-15(17-2)18-10-11-23(21,22)20-12-14-6-4-7-14/h14,20H,3-13H2,1-2H3,(H2,17,18,19). The average molecular weight is 345 g/mol. The third kappa shape index (κ3) is 5.64. The van der Waals surface area contributed by atoms with E-state index < -0.39 is 10.0 Å². The number of hydrogen-bond donors (Lipinski definition) is 3. The van der Waals surface area contributed by atoms with Crippen molar-refractivity contribution in [2.75, 3.05) is 32.4 Å². The molecule has 7 heteroatoms. The van der Waals surface area contributed by atoms with E-state index in [9.17, 15) is 8.42 Å². The molecule has 2 saturated carbocycles. The first-order valence-electron chi connectivity index (χ1n) is 8.90. The number of nitrogens with zero attached hydrogens (tertiary/aromatic N) is 1. The van der Waals surface area contributed by atoms with E-state index in [2.05, 4.69) is 27.3 Å². The monoisotopic (exact) mass is 344 g/mol. The molecule has 0 saturated heterocycles. The Morgan fingerprint density at radius 1 is 1.22 bits per heavy atom. The summed E-state index contributed by atoms with van der Waals surface area (Å²) in [5.74, 6) is 1.32. The summed E-state index contributed by atoms with van der Waals surface area (Å²) < 4.78 is 26.6. The van der Waals surface area contributed by atoms with Crippen molar-refractivity contribution in [2.45, 2.75) is 51.9 Å². The fourth-order valence-corrected chi connectivity index (χ4v) is 4.15. The Morgan fingerprint density at radius 3 is 2.43 bits per heavy atom. The number of hydrogen-bond acceptors (Lipinski definition) is 3. The summed E-state index contributed by atoms with van der Waals surface area (Å²) in [6.07, 6.45) is 8.56. The van der Waals surface area contributed by atoms with Crippen LogP contribution in [0.25, 0.3) is 0 Å². The summed E-state index contributed by atoms with van der Waals surface area (Å²) in [4.78, 5) is 4.18. The van der Waals surface area contributed by atoms with E-state index in [1.54, 1.807) is 7.05 Å². The second-order valence-electron chi connectivity index (χ2n) is 7.02. The first-order valence-corrected chi connectivity index (χ1v) is 10.6. The highest BCUT2D eigenvalue weighted by molar-refractivity contribution is 7.89. The summed E-state index contributed by atoms with van der Waals surface area (Å²) in [5.41, 5.74) is 0.411. The Labute approximate surface area is 141 Å². The number of sulfonamides is 1. The van der Waals surface area contributed by atoms with Crippen molar-refractivity contribution in [2.24, 2.45) is 16.3 Å². The van der Waals surface area contributed by atoms with Gasteiger partial charge in [0.25, 0.3) is 0 Å². The van der Waals surface area contributed by atoms with Gasteiger partial charge in [0.1, 0.15) is 0 Å². The zero-order valence-electron chi connectivity index (χ0n) is 14.5. The normalized spacial score (nSPS) is 21.4. The van der Waals surface area contributed by atoms with Crippen LogP contribution in [0.4, 0.5) is 0 Å². The molecular weight excluding hydrogens is 312 g/mol. The Bertz CT molecular complexity index is 491. The number of aliphatic imine (C=N–C) groups is 1. The van der Waals surface area contributed by atoms with Gasteiger partial charge in [0, 0.05) is 26.7 Å². The second-order valence-corrected chi connectivity index (χ2v) is 8.95. The zero-order chi connectivity index (χ0) is 16.8. The lowest BCUT2D eigenvalue weighted by Gasteiger charge is -2.41. The van der Waals surface area contributed by atoms with Crippen LogP contribution in [-0.4, -0.2) is 46.8 Å². The third-order valence-corrected chi connectivity index (χ3v) is 6.85. The summed E-state index contributed by atoms with van der Waals surface area (Å²) in [7, 11) is -1.47. The van der Waals surface area contributed by atoms with Gasteiger partial charge in [0.15, 0.2) is 5.96 Å². The maximum absolute atomic E-state index is 12.0. The van der Waals surface area contributed by atoms with Crippen molar-refractivity contribution in [3.8, 4) is 0 Å². The predicted octanol–water partition coefficient (Wildman–Crippen LogP) is 1.45. The van der Waals surface area contributed by atoms with Crippen LogP contribution in [0.2, 0.25) is 0 Å². The minimum absolute atomic E-state index is 0.0827. The van der Waals surface area contributed by atoms with Gasteiger partial charge in [-0.25, -0.2) is 13.1 Å². The Hall–Kier alpha value is -0.820. The smallest absolute Gasteiger partial charge is 0.213 e. The molecule has 0 heterocycles.